The first-order valence-corrected chi connectivity index (χ1v) is 6.73. The van der Waals surface area contributed by atoms with Gasteiger partial charge in [0.1, 0.15) is 0 Å². The normalized spacial score (nSPS) is 11.1. The van der Waals surface area contributed by atoms with Gasteiger partial charge in [0, 0.05) is 11.4 Å². The fraction of sp³-hybridized carbons (Fsp3) is 0.188. The Labute approximate surface area is 126 Å². The fourth-order valence-electron chi connectivity index (χ4n) is 1.98. The zero-order valence-electron chi connectivity index (χ0n) is 11.9. The van der Waals surface area contributed by atoms with Crippen LogP contribution in [0.1, 0.15) is 18.1 Å². The number of benzene rings is 2. The Balaban J connectivity index is 2.03. The number of amides is 2. The largest absolute Gasteiger partial charge is 0.416 e. The summed E-state index contributed by atoms with van der Waals surface area (Å²) >= 11 is 0. The predicted octanol–water partition coefficient (Wildman–Crippen LogP) is 4.91. The van der Waals surface area contributed by atoms with Crippen molar-refractivity contribution in [2.24, 2.45) is 0 Å². The molecule has 2 aromatic rings. The highest BCUT2D eigenvalue weighted by atomic mass is 19.4. The first-order chi connectivity index (χ1) is 10.4. The topological polar surface area (TPSA) is 41.1 Å². The van der Waals surface area contributed by atoms with Crippen molar-refractivity contribution in [3.8, 4) is 0 Å². The molecular formula is C16H15F3N2O. The third-order valence-electron chi connectivity index (χ3n) is 3.12. The Morgan fingerprint density at radius 2 is 1.64 bits per heavy atom. The van der Waals surface area contributed by atoms with Crippen molar-refractivity contribution in [1.82, 2.24) is 0 Å². The maximum Gasteiger partial charge on any atom is 0.416 e. The lowest BCUT2D eigenvalue weighted by Crippen LogP contribution is -2.20. The summed E-state index contributed by atoms with van der Waals surface area (Å²) in [5, 5.41) is 5.19. The molecule has 0 atom stereocenters. The maximum absolute atomic E-state index is 12.5. The molecule has 0 aromatic heterocycles. The minimum absolute atomic E-state index is 0.291. The molecule has 2 amide bonds. The zero-order chi connectivity index (χ0) is 16.2. The number of anilines is 2. The predicted molar refractivity (Wildman–Crippen MR) is 79.9 cm³/mol. The van der Waals surface area contributed by atoms with E-state index in [9.17, 15) is 18.0 Å². The molecule has 0 heterocycles. The molecule has 3 nitrogen and oxygen atoms in total. The molecule has 2 aromatic carbocycles. The summed E-state index contributed by atoms with van der Waals surface area (Å²) in [6.45, 7) is 1.97. The monoisotopic (exact) mass is 308 g/mol. The second-order valence-electron chi connectivity index (χ2n) is 4.66. The minimum atomic E-state index is -4.39. The second kappa shape index (κ2) is 6.51. The van der Waals surface area contributed by atoms with Crippen molar-refractivity contribution in [2.75, 3.05) is 10.6 Å². The average Bonchev–Trinajstić information content (AvgIpc) is 2.47. The van der Waals surface area contributed by atoms with Crippen LogP contribution < -0.4 is 10.6 Å². The molecular weight excluding hydrogens is 293 g/mol. The van der Waals surface area contributed by atoms with Crippen molar-refractivity contribution in [3.63, 3.8) is 0 Å². The van der Waals surface area contributed by atoms with Crippen LogP contribution in [0.15, 0.2) is 48.5 Å². The number of carbonyl (C=O) groups excluding carboxylic acids is 1. The highest BCUT2D eigenvalue weighted by molar-refractivity contribution is 6.00. The van der Waals surface area contributed by atoms with E-state index < -0.39 is 17.8 Å². The number of halogens is 3. The third kappa shape index (κ3) is 4.00. The van der Waals surface area contributed by atoms with Crippen molar-refractivity contribution in [2.45, 2.75) is 19.5 Å². The van der Waals surface area contributed by atoms with E-state index >= 15 is 0 Å². The first kappa shape index (κ1) is 15.9. The minimum Gasteiger partial charge on any atom is -0.308 e. The van der Waals surface area contributed by atoms with Gasteiger partial charge in [-0.15, -0.1) is 0 Å². The molecule has 0 saturated heterocycles. The number of hydrogen-bond donors (Lipinski definition) is 2. The van der Waals surface area contributed by atoms with Crippen LogP contribution in [0.2, 0.25) is 0 Å². The third-order valence-corrected chi connectivity index (χ3v) is 3.12. The number of hydrogen-bond acceptors (Lipinski definition) is 1. The molecule has 6 heteroatoms. The summed E-state index contributed by atoms with van der Waals surface area (Å²) in [7, 11) is 0. The van der Waals surface area contributed by atoms with Gasteiger partial charge in [-0.1, -0.05) is 25.1 Å². The van der Waals surface area contributed by atoms with Crippen LogP contribution in [-0.2, 0) is 12.6 Å². The SMILES string of the molecule is CCc1ccccc1NC(=O)Nc1ccc(C(F)(F)F)cc1. The molecule has 0 aliphatic rings. The summed E-state index contributed by atoms with van der Waals surface area (Å²) < 4.78 is 37.4. The molecule has 0 unspecified atom stereocenters. The van der Waals surface area contributed by atoms with Gasteiger partial charge in [0.15, 0.2) is 0 Å². The molecule has 0 saturated carbocycles. The summed E-state index contributed by atoms with van der Waals surface area (Å²) in [5.74, 6) is 0. The molecule has 0 spiro atoms. The smallest absolute Gasteiger partial charge is 0.308 e. The van der Waals surface area contributed by atoms with Crippen LogP contribution >= 0.6 is 0 Å². The van der Waals surface area contributed by atoms with Gasteiger partial charge in [0.2, 0.25) is 0 Å². The molecule has 116 valence electrons. The molecule has 0 aliphatic heterocycles. The van der Waals surface area contributed by atoms with Crippen LogP contribution in [0.3, 0.4) is 0 Å². The molecule has 2 N–H and O–H groups in total. The number of para-hydroxylation sites is 1. The van der Waals surface area contributed by atoms with Gasteiger partial charge >= 0.3 is 12.2 Å². The van der Waals surface area contributed by atoms with Crippen LogP contribution in [0.25, 0.3) is 0 Å². The quantitative estimate of drug-likeness (QED) is 0.831. The molecule has 0 bridgehead atoms. The molecule has 2 rings (SSSR count). The van der Waals surface area contributed by atoms with Gasteiger partial charge in [-0.25, -0.2) is 4.79 Å². The van der Waals surface area contributed by atoms with E-state index in [0.29, 0.717) is 11.4 Å². The van der Waals surface area contributed by atoms with Crippen molar-refractivity contribution in [3.05, 3.63) is 59.7 Å². The van der Waals surface area contributed by atoms with Crippen LogP contribution in [-0.4, -0.2) is 6.03 Å². The van der Waals surface area contributed by atoms with E-state index in [1.54, 1.807) is 12.1 Å². The molecule has 22 heavy (non-hydrogen) atoms. The molecule has 0 fully saturated rings. The lowest BCUT2D eigenvalue weighted by molar-refractivity contribution is -0.137. The van der Waals surface area contributed by atoms with Gasteiger partial charge in [0.05, 0.1) is 5.56 Å². The van der Waals surface area contributed by atoms with Crippen molar-refractivity contribution in [1.29, 1.82) is 0 Å². The van der Waals surface area contributed by atoms with E-state index in [0.717, 1.165) is 24.1 Å². The number of alkyl halides is 3. The molecule has 0 aliphatic carbocycles. The number of urea groups is 1. The maximum atomic E-state index is 12.5. The Morgan fingerprint density at radius 1 is 1.00 bits per heavy atom. The summed E-state index contributed by atoms with van der Waals surface area (Å²) in [5.41, 5.74) is 1.19. The lowest BCUT2D eigenvalue weighted by Gasteiger charge is -2.11. The van der Waals surface area contributed by atoms with E-state index in [4.69, 9.17) is 0 Å². The van der Waals surface area contributed by atoms with Gasteiger partial charge in [-0.05, 0) is 42.3 Å². The van der Waals surface area contributed by atoms with E-state index in [2.05, 4.69) is 10.6 Å². The Hall–Kier alpha value is -2.50. The van der Waals surface area contributed by atoms with Gasteiger partial charge in [0.25, 0.3) is 0 Å². The summed E-state index contributed by atoms with van der Waals surface area (Å²) in [6, 6.07) is 11.1. The van der Waals surface area contributed by atoms with E-state index in [-0.39, 0.29) is 0 Å². The zero-order valence-corrected chi connectivity index (χ0v) is 11.9. The Kier molecular flexibility index (Phi) is 4.70. The summed E-state index contributed by atoms with van der Waals surface area (Å²) in [4.78, 5) is 11.9. The lowest BCUT2D eigenvalue weighted by atomic mass is 10.1. The Bertz CT molecular complexity index is 651. The van der Waals surface area contributed by atoms with Crippen LogP contribution in [0.5, 0.6) is 0 Å². The average molecular weight is 308 g/mol. The van der Waals surface area contributed by atoms with Crippen molar-refractivity contribution >= 4 is 17.4 Å². The number of aryl methyl sites for hydroxylation is 1. The summed E-state index contributed by atoms with van der Waals surface area (Å²) in [6.07, 6.45) is -3.63. The van der Waals surface area contributed by atoms with Gasteiger partial charge in [-0.3, -0.25) is 0 Å². The fourth-order valence-corrected chi connectivity index (χ4v) is 1.98. The second-order valence-corrected chi connectivity index (χ2v) is 4.66. The highest BCUT2D eigenvalue weighted by Crippen LogP contribution is 2.29. The van der Waals surface area contributed by atoms with E-state index in [1.807, 2.05) is 19.1 Å². The first-order valence-electron chi connectivity index (χ1n) is 6.73. The van der Waals surface area contributed by atoms with Crippen LogP contribution in [0, 0.1) is 0 Å². The van der Waals surface area contributed by atoms with Crippen LogP contribution in [0.4, 0.5) is 29.3 Å². The van der Waals surface area contributed by atoms with E-state index in [1.165, 1.54) is 12.1 Å². The van der Waals surface area contributed by atoms with Gasteiger partial charge < -0.3 is 10.6 Å². The highest BCUT2D eigenvalue weighted by Gasteiger charge is 2.29. The number of rotatable bonds is 3. The van der Waals surface area contributed by atoms with Gasteiger partial charge in [-0.2, -0.15) is 13.2 Å². The number of nitrogens with one attached hydrogen (secondary N) is 2. The molecule has 0 radical (unpaired) electrons. The van der Waals surface area contributed by atoms with Crippen molar-refractivity contribution < 1.29 is 18.0 Å². The standard InChI is InChI=1S/C16H15F3N2O/c1-2-11-5-3-4-6-14(11)21-15(22)20-13-9-7-12(8-10-13)16(17,18)19/h3-10H,2H2,1H3,(H2,20,21,22). The Morgan fingerprint density at radius 3 is 2.23 bits per heavy atom. The number of carbonyl (C=O) groups is 1.